The number of nitrogens with one attached hydrogen (secondary N) is 1. The van der Waals surface area contributed by atoms with Crippen LogP contribution in [0.4, 0.5) is 0 Å². The van der Waals surface area contributed by atoms with Gasteiger partial charge < -0.3 is 5.73 Å². The van der Waals surface area contributed by atoms with Gasteiger partial charge in [-0.3, -0.25) is 5.41 Å². The molecule has 0 aliphatic heterocycles. The predicted molar refractivity (Wildman–Crippen MR) is 45.8 cm³/mol. The van der Waals surface area contributed by atoms with E-state index in [1.807, 2.05) is 19.9 Å². The lowest BCUT2D eigenvalue weighted by Crippen LogP contribution is -2.13. The average molecular weight is 147 g/mol. The summed E-state index contributed by atoms with van der Waals surface area (Å²) < 4.78 is 0. The van der Waals surface area contributed by atoms with Gasteiger partial charge in [-0.25, -0.2) is 0 Å². The van der Waals surface area contributed by atoms with Crippen LogP contribution in [-0.4, -0.2) is 5.84 Å². The molecule has 0 bridgehead atoms. The van der Waals surface area contributed by atoms with Crippen molar-refractivity contribution in [2.45, 2.75) is 13.8 Å². The van der Waals surface area contributed by atoms with Gasteiger partial charge in [0.2, 0.25) is 0 Å². The van der Waals surface area contributed by atoms with E-state index in [-0.39, 0.29) is 5.84 Å². The lowest BCUT2D eigenvalue weighted by Gasteiger charge is -2.04. The number of benzene rings is 1. The predicted octanol–water partition coefficient (Wildman–Crippen LogP) is 1.39. The standard InChI is InChI=1S/C9H11N2/c1-6-4-3-5-8(7(6)2)9(10)11/h3-4H,1-2H3,(H3,10,11). The lowest BCUT2D eigenvalue weighted by molar-refractivity contribution is 1.29. The fourth-order valence-corrected chi connectivity index (χ4v) is 0.960. The average Bonchev–Trinajstić information content (AvgIpc) is 1.94. The van der Waals surface area contributed by atoms with Crippen LogP contribution in [0.15, 0.2) is 12.1 Å². The van der Waals surface area contributed by atoms with Crippen LogP contribution in [0.3, 0.4) is 0 Å². The second-order valence-corrected chi connectivity index (χ2v) is 2.57. The van der Waals surface area contributed by atoms with Crippen LogP contribution < -0.4 is 5.73 Å². The first-order chi connectivity index (χ1) is 5.13. The quantitative estimate of drug-likeness (QED) is 0.457. The molecule has 0 fully saturated rings. The van der Waals surface area contributed by atoms with E-state index in [4.69, 9.17) is 11.1 Å². The van der Waals surface area contributed by atoms with Crippen molar-refractivity contribution in [3.63, 3.8) is 0 Å². The van der Waals surface area contributed by atoms with E-state index in [1.54, 1.807) is 6.07 Å². The summed E-state index contributed by atoms with van der Waals surface area (Å²) in [6, 6.07) is 6.68. The molecular formula is C9H11N2. The highest BCUT2D eigenvalue weighted by Gasteiger charge is 2.01. The second-order valence-electron chi connectivity index (χ2n) is 2.57. The third-order valence-corrected chi connectivity index (χ3v) is 1.80. The van der Waals surface area contributed by atoms with Crippen molar-refractivity contribution >= 4 is 5.84 Å². The van der Waals surface area contributed by atoms with Crippen LogP contribution in [0, 0.1) is 25.3 Å². The Hall–Kier alpha value is -1.31. The molecule has 0 saturated carbocycles. The monoisotopic (exact) mass is 147 g/mol. The first kappa shape index (κ1) is 7.79. The molecule has 0 aliphatic carbocycles. The molecule has 2 heteroatoms. The van der Waals surface area contributed by atoms with Crippen molar-refractivity contribution in [2.75, 3.05) is 0 Å². The maximum absolute atomic E-state index is 7.22. The molecule has 0 saturated heterocycles. The number of aryl methyl sites for hydroxylation is 1. The SMILES string of the molecule is Cc1cc[c]c(C(=N)N)c1C. The third kappa shape index (κ3) is 1.40. The summed E-state index contributed by atoms with van der Waals surface area (Å²) in [6.07, 6.45) is 0. The molecule has 0 amide bonds. The summed E-state index contributed by atoms with van der Waals surface area (Å²) in [5.41, 5.74) is 8.24. The Morgan fingerprint density at radius 3 is 2.64 bits per heavy atom. The van der Waals surface area contributed by atoms with Crippen LogP contribution >= 0.6 is 0 Å². The zero-order valence-corrected chi connectivity index (χ0v) is 6.73. The molecule has 0 unspecified atom stereocenters. The van der Waals surface area contributed by atoms with Gasteiger partial charge in [0.1, 0.15) is 5.84 Å². The molecule has 1 radical (unpaired) electrons. The van der Waals surface area contributed by atoms with Crippen LogP contribution in [-0.2, 0) is 0 Å². The largest absolute Gasteiger partial charge is 0.384 e. The van der Waals surface area contributed by atoms with Crippen molar-refractivity contribution in [3.8, 4) is 0 Å². The summed E-state index contributed by atoms with van der Waals surface area (Å²) in [4.78, 5) is 0. The number of hydrogen-bond acceptors (Lipinski definition) is 1. The summed E-state index contributed by atoms with van der Waals surface area (Å²) in [5, 5.41) is 7.22. The highest BCUT2D eigenvalue weighted by atomic mass is 14.7. The van der Waals surface area contributed by atoms with E-state index in [0.29, 0.717) is 5.56 Å². The van der Waals surface area contributed by atoms with Crippen molar-refractivity contribution in [2.24, 2.45) is 5.73 Å². The Balaban J connectivity index is 3.27. The molecule has 11 heavy (non-hydrogen) atoms. The van der Waals surface area contributed by atoms with Gasteiger partial charge >= 0.3 is 0 Å². The molecule has 1 aromatic carbocycles. The van der Waals surface area contributed by atoms with E-state index >= 15 is 0 Å². The lowest BCUT2D eigenvalue weighted by atomic mass is 10.0. The molecule has 0 heterocycles. The zero-order valence-electron chi connectivity index (χ0n) is 6.73. The summed E-state index contributed by atoms with van der Waals surface area (Å²) in [7, 11) is 0. The topological polar surface area (TPSA) is 49.9 Å². The van der Waals surface area contributed by atoms with Crippen LogP contribution in [0.25, 0.3) is 0 Å². The highest BCUT2D eigenvalue weighted by molar-refractivity contribution is 5.96. The van der Waals surface area contributed by atoms with Gasteiger partial charge in [-0.05, 0) is 31.0 Å². The van der Waals surface area contributed by atoms with Crippen molar-refractivity contribution in [1.29, 1.82) is 5.41 Å². The number of nitrogens with two attached hydrogens (primary N) is 1. The first-order valence-electron chi connectivity index (χ1n) is 3.45. The minimum Gasteiger partial charge on any atom is -0.384 e. The molecule has 1 rings (SSSR count). The highest BCUT2D eigenvalue weighted by Crippen LogP contribution is 2.10. The summed E-state index contributed by atoms with van der Waals surface area (Å²) in [5.74, 6) is 0.0891. The fraction of sp³-hybridized carbons (Fsp3) is 0.222. The van der Waals surface area contributed by atoms with E-state index in [9.17, 15) is 0 Å². The van der Waals surface area contributed by atoms with Crippen molar-refractivity contribution < 1.29 is 0 Å². The van der Waals surface area contributed by atoms with Gasteiger partial charge in [0.05, 0.1) is 0 Å². The minimum atomic E-state index is 0.0891. The normalized spacial score (nSPS) is 9.64. The number of amidine groups is 1. The Morgan fingerprint density at radius 2 is 2.18 bits per heavy atom. The maximum atomic E-state index is 7.22. The Morgan fingerprint density at radius 1 is 1.55 bits per heavy atom. The van der Waals surface area contributed by atoms with Crippen LogP contribution in [0.5, 0.6) is 0 Å². The minimum absolute atomic E-state index is 0.0891. The molecule has 0 spiro atoms. The smallest absolute Gasteiger partial charge is 0.123 e. The molecule has 3 N–H and O–H groups in total. The molecule has 2 nitrogen and oxygen atoms in total. The number of rotatable bonds is 1. The molecule has 0 aromatic heterocycles. The van der Waals surface area contributed by atoms with Gasteiger partial charge in [-0.15, -0.1) is 0 Å². The van der Waals surface area contributed by atoms with Gasteiger partial charge in [-0.2, -0.15) is 0 Å². The van der Waals surface area contributed by atoms with Gasteiger partial charge in [0.25, 0.3) is 0 Å². The fourth-order valence-electron chi connectivity index (χ4n) is 0.960. The van der Waals surface area contributed by atoms with E-state index in [0.717, 1.165) is 11.1 Å². The summed E-state index contributed by atoms with van der Waals surface area (Å²) >= 11 is 0. The molecule has 0 atom stereocenters. The van der Waals surface area contributed by atoms with Crippen molar-refractivity contribution in [3.05, 3.63) is 34.9 Å². The third-order valence-electron chi connectivity index (χ3n) is 1.80. The Bertz CT molecular complexity index is 290. The van der Waals surface area contributed by atoms with E-state index < -0.39 is 0 Å². The van der Waals surface area contributed by atoms with Crippen LogP contribution in [0.1, 0.15) is 16.7 Å². The summed E-state index contributed by atoms with van der Waals surface area (Å²) in [6.45, 7) is 3.94. The molecular weight excluding hydrogens is 136 g/mol. The van der Waals surface area contributed by atoms with Crippen LogP contribution in [0.2, 0.25) is 0 Å². The zero-order chi connectivity index (χ0) is 8.43. The maximum Gasteiger partial charge on any atom is 0.123 e. The number of hydrogen-bond donors (Lipinski definition) is 2. The molecule has 0 aliphatic rings. The Labute approximate surface area is 66.6 Å². The van der Waals surface area contributed by atoms with Gasteiger partial charge in [-0.1, -0.05) is 12.1 Å². The molecule has 57 valence electrons. The number of nitrogen functional groups attached to an aromatic ring is 1. The molecule has 1 aromatic rings. The van der Waals surface area contributed by atoms with Gasteiger partial charge in [0, 0.05) is 5.56 Å². The van der Waals surface area contributed by atoms with Gasteiger partial charge in [0.15, 0.2) is 0 Å². The second kappa shape index (κ2) is 2.74. The van der Waals surface area contributed by atoms with E-state index in [2.05, 4.69) is 6.07 Å². The van der Waals surface area contributed by atoms with E-state index in [1.165, 1.54) is 0 Å². The van der Waals surface area contributed by atoms with Crippen molar-refractivity contribution in [1.82, 2.24) is 0 Å². The first-order valence-corrected chi connectivity index (χ1v) is 3.45. The Kier molecular flexibility index (Phi) is 1.94.